The van der Waals surface area contributed by atoms with E-state index in [1.54, 1.807) is 32.5 Å². The molecule has 0 radical (unpaired) electrons. The summed E-state index contributed by atoms with van der Waals surface area (Å²) >= 11 is 0. The first-order valence-electron chi connectivity index (χ1n) is 12.8. The van der Waals surface area contributed by atoms with Crippen molar-refractivity contribution in [1.29, 1.82) is 0 Å². The molecule has 2 aromatic heterocycles. The molecule has 0 saturated heterocycles. The highest BCUT2D eigenvalue weighted by Crippen LogP contribution is 2.38. The zero-order chi connectivity index (χ0) is 27.2. The topological polar surface area (TPSA) is 65.4 Å². The number of aromatic nitrogens is 2. The van der Waals surface area contributed by atoms with Crippen LogP contribution in [0.1, 0.15) is 34.7 Å². The monoisotopic (exact) mass is 523 g/mol. The molecule has 0 aliphatic heterocycles. The lowest BCUT2D eigenvalue weighted by Gasteiger charge is -2.19. The molecule has 0 aliphatic rings. The quantitative estimate of drug-likeness (QED) is 0.241. The first kappa shape index (κ1) is 26.0. The molecule has 0 unspecified atom stereocenters. The van der Waals surface area contributed by atoms with Gasteiger partial charge in [-0.05, 0) is 59.2 Å². The van der Waals surface area contributed by atoms with E-state index in [1.807, 2.05) is 48.5 Å². The Balaban J connectivity index is 1.54. The number of amides is 1. The van der Waals surface area contributed by atoms with E-state index >= 15 is 0 Å². The second-order valence-corrected chi connectivity index (χ2v) is 9.36. The number of halogens is 1. The van der Waals surface area contributed by atoms with Crippen LogP contribution in [0.2, 0.25) is 0 Å². The van der Waals surface area contributed by atoms with Crippen molar-refractivity contribution in [2.75, 3.05) is 14.2 Å². The summed E-state index contributed by atoms with van der Waals surface area (Å²) in [7, 11) is 3.23. The summed E-state index contributed by atoms with van der Waals surface area (Å²) in [5, 5.41) is 4.07. The van der Waals surface area contributed by atoms with E-state index in [1.165, 1.54) is 12.1 Å². The predicted octanol–water partition coefficient (Wildman–Crippen LogP) is 6.08. The van der Waals surface area contributed by atoms with E-state index < -0.39 is 0 Å². The van der Waals surface area contributed by atoms with Crippen LogP contribution in [-0.2, 0) is 17.9 Å². The van der Waals surface area contributed by atoms with Crippen LogP contribution in [0.3, 0.4) is 0 Å². The number of hydrogen-bond acceptors (Lipinski definition) is 4. The Bertz CT molecular complexity index is 1540. The van der Waals surface area contributed by atoms with Gasteiger partial charge in [0.25, 0.3) is 0 Å². The van der Waals surface area contributed by atoms with Gasteiger partial charge >= 0.3 is 0 Å². The average Bonchev–Trinajstić information content (AvgIpc) is 3.34. The van der Waals surface area contributed by atoms with Crippen LogP contribution in [0.25, 0.3) is 10.9 Å². The lowest BCUT2D eigenvalue weighted by Crippen LogP contribution is -2.25. The number of carbonyl (C=O) groups excluding carboxylic acids is 1. The van der Waals surface area contributed by atoms with Crippen molar-refractivity contribution in [3.05, 3.63) is 126 Å². The molecule has 0 bridgehead atoms. The Hall–Kier alpha value is -4.65. The summed E-state index contributed by atoms with van der Waals surface area (Å²) in [4.78, 5) is 17.6. The maximum absolute atomic E-state index is 13.5. The number of nitrogens with one attached hydrogen (secondary N) is 1. The van der Waals surface area contributed by atoms with E-state index in [9.17, 15) is 9.18 Å². The van der Waals surface area contributed by atoms with Gasteiger partial charge in [0.1, 0.15) is 17.3 Å². The van der Waals surface area contributed by atoms with E-state index in [0.717, 1.165) is 33.3 Å². The van der Waals surface area contributed by atoms with Gasteiger partial charge in [-0.2, -0.15) is 0 Å². The number of benzene rings is 3. The van der Waals surface area contributed by atoms with Crippen LogP contribution in [0, 0.1) is 5.82 Å². The number of ether oxygens (including phenoxy) is 2. The summed E-state index contributed by atoms with van der Waals surface area (Å²) in [6.07, 6.45) is 4.02. The minimum absolute atomic E-state index is 0.0946. The third-order valence-corrected chi connectivity index (χ3v) is 6.82. The fourth-order valence-electron chi connectivity index (χ4n) is 4.86. The lowest BCUT2D eigenvalue weighted by atomic mass is 9.87. The molecule has 0 saturated carbocycles. The third kappa shape index (κ3) is 6.09. The molecule has 0 aliphatic carbocycles. The SMILES string of the molecule is COc1cc(OC)cc([C@@H](CC(=O)NCc2ccccn2)c2cn(Cc3ccc(F)cc3)c3ccccc23)c1. The summed E-state index contributed by atoms with van der Waals surface area (Å²) < 4.78 is 26.8. The van der Waals surface area contributed by atoms with E-state index in [4.69, 9.17) is 9.47 Å². The van der Waals surface area contributed by atoms with Crippen LogP contribution in [0.15, 0.2) is 97.3 Å². The van der Waals surface area contributed by atoms with Crippen molar-refractivity contribution in [1.82, 2.24) is 14.9 Å². The maximum Gasteiger partial charge on any atom is 0.221 e. The Labute approximate surface area is 227 Å². The Kier molecular flexibility index (Phi) is 7.87. The molecule has 7 heteroatoms. The summed E-state index contributed by atoms with van der Waals surface area (Å²) in [5.41, 5.74) is 4.73. The normalized spacial score (nSPS) is 11.8. The molecule has 6 nitrogen and oxygen atoms in total. The first-order valence-corrected chi connectivity index (χ1v) is 12.8. The number of hydrogen-bond donors (Lipinski definition) is 1. The second-order valence-electron chi connectivity index (χ2n) is 9.36. The highest BCUT2D eigenvalue weighted by Gasteiger charge is 2.24. The van der Waals surface area contributed by atoms with Crippen LogP contribution in [-0.4, -0.2) is 29.7 Å². The molecule has 0 spiro atoms. The molecule has 0 fully saturated rings. The van der Waals surface area contributed by atoms with Gasteiger partial charge < -0.3 is 19.4 Å². The molecule has 1 amide bonds. The highest BCUT2D eigenvalue weighted by molar-refractivity contribution is 5.87. The summed E-state index contributed by atoms with van der Waals surface area (Å²) in [6, 6.07) is 26.0. The fraction of sp³-hybridized carbons (Fsp3) is 0.188. The first-order chi connectivity index (χ1) is 19.0. The fourth-order valence-corrected chi connectivity index (χ4v) is 4.86. The molecule has 39 heavy (non-hydrogen) atoms. The number of fused-ring (bicyclic) bond motifs is 1. The molecular weight excluding hydrogens is 493 g/mol. The van der Waals surface area contributed by atoms with Crippen LogP contribution in [0.4, 0.5) is 4.39 Å². The van der Waals surface area contributed by atoms with Gasteiger partial charge in [0.05, 0.1) is 26.5 Å². The smallest absolute Gasteiger partial charge is 0.221 e. The standard InChI is InChI=1S/C32H30FN3O3/c1-38-26-15-23(16-27(17-26)39-2)29(18-32(37)35-19-25-7-5-6-14-34-25)30-21-36(31-9-4-3-8-28(30)31)20-22-10-12-24(33)13-11-22/h3-17,21,29H,18-20H2,1-2H3,(H,35,37)/t29-/m1/s1. The van der Waals surface area contributed by atoms with Gasteiger partial charge in [0, 0.05) is 48.2 Å². The molecule has 1 atom stereocenters. The van der Waals surface area contributed by atoms with Gasteiger partial charge in [0.2, 0.25) is 5.91 Å². The van der Waals surface area contributed by atoms with Crippen LogP contribution in [0.5, 0.6) is 11.5 Å². The lowest BCUT2D eigenvalue weighted by molar-refractivity contribution is -0.121. The number of nitrogens with zero attached hydrogens (tertiary/aromatic N) is 2. The van der Waals surface area contributed by atoms with Crippen molar-refractivity contribution < 1.29 is 18.7 Å². The minimum Gasteiger partial charge on any atom is -0.497 e. The van der Waals surface area contributed by atoms with Gasteiger partial charge in [0.15, 0.2) is 0 Å². The zero-order valence-corrected chi connectivity index (χ0v) is 21.9. The summed E-state index contributed by atoms with van der Waals surface area (Å²) in [5.74, 6) is 0.664. The van der Waals surface area contributed by atoms with Crippen molar-refractivity contribution in [2.24, 2.45) is 0 Å². The van der Waals surface area contributed by atoms with Crippen molar-refractivity contribution in [3.8, 4) is 11.5 Å². The minimum atomic E-state index is -0.280. The number of pyridine rings is 1. The van der Waals surface area contributed by atoms with Crippen LogP contribution >= 0.6 is 0 Å². The Morgan fingerprint density at radius 3 is 2.36 bits per heavy atom. The van der Waals surface area contributed by atoms with Gasteiger partial charge in [-0.3, -0.25) is 9.78 Å². The molecule has 1 N–H and O–H groups in total. The molecule has 3 aromatic carbocycles. The maximum atomic E-state index is 13.5. The Morgan fingerprint density at radius 2 is 1.67 bits per heavy atom. The van der Waals surface area contributed by atoms with Gasteiger partial charge in [-0.15, -0.1) is 0 Å². The molecule has 198 valence electrons. The molecular formula is C32H30FN3O3. The van der Waals surface area contributed by atoms with Crippen LogP contribution < -0.4 is 14.8 Å². The Morgan fingerprint density at radius 1 is 0.949 bits per heavy atom. The second kappa shape index (κ2) is 11.8. The predicted molar refractivity (Wildman–Crippen MR) is 150 cm³/mol. The van der Waals surface area contributed by atoms with E-state index in [-0.39, 0.29) is 24.1 Å². The van der Waals surface area contributed by atoms with E-state index in [2.05, 4.69) is 33.2 Å². The third-order valence-electron chi connectivity index (χ3n) is 6.82. The van der Waals surface area contributed by atoms with Gasteiger partial charge in [-0.1, -0.05) is 36.4 Å². The highest BCUT2D eigenvalue weighted by atomic mass is 19.1. The largest absolute Gasteiger partial charge is 0.497 e. The van der Waals surface area contributed by atoms with E-state index in [0.29, 0.717) is 24.6 Å². The van der Waals surface area contributed by atoms with Crippen molar-refractivity contribution in [3.63, 3.8) is 0 Å². The molecule has 2 heterocycles. The number of para-hydroxylation sites is 1. The van der Waals surface area contributed by atoms with Crippen molar-refractivity contribution in [2.45, 2.75) is 25.4 Å². The molecule has 5 rings (SSSR count). The zero-order valence-electron chi connectivity index (χ0n) is 21.9. The molecule has 5 aromatic rings. The van der Waals surface area contributed by atoms with Crippen molar-refractivity contribution >= 4 is 16.8 Å². The number of carbonyl (C=O) groups is 1. The number of methoxy groups -OCH3 is 2. The average molecular weight is 524 g/mol. The summed E-state index contributed by atoms with van der Waals surface area (Å²) in [6.45, 7) is 0.918. The number of rotatable bonds is 10. The van der Waals surface area contributed by atoms with Gasteiger partial charge in [-0.25, -0.2) is 4.39 Å².